The fraction of sp³-hybridized carbons (Fsp3) is 0.364. The molecule has 1 unspecified atom stereocenters. The second-order valence-electron chi connectivity index (χ2n) is 7.61. The van der Waals surface area contributed by atoms with Crippen LogP contribution in [0.3, 0.4) is 0 Å². The van der Waals surface area contributed by atoms with E-state index in [1.54, 1.807) is 0 Å². The normalized spacial score (nSPS) is 19.7. The number of hydrogen-bond donors (Lipinski definition) is 3. The van der Waals surface area contributed by atoms with E-state index in [9.17, 15) is 0 Å². The number of nitrogens with one attached hydrogen (secondary N) is 1. The van der Waals surface area contributed by atoms with Crippen LogP contribution in [0.5, 0.6) is 0 Å². The van der Waals surface area contributed by atoms with Gasteiger partial charge in [-0.3, -0.25) is 4.90 Å². The summed E-state index contributed by atoms with van der Waals surface area (Å²) in [5.74, 6) is 0.690. The van der Waals surface area contributed by atoms with Crippen molar-refractivity contribution < 1.29 is 0 Å². The first-order valence-corrected chi connectivity index (χ1v) is 9.99. The van der Waals surface area contributed by atoms with Gasteiger partial charge in [-0.05, 0) is 50.3 Å². The topological polar surface area (TPSA) is 92.0 Å². The lowest BCUT2D eigenvalue weighted by Crippen LogP contribution is -2.58. The number of para-hydroxylation sites is 2. The van der Waals surface area contributed by atoms with Crippen molar-refractivity contribution in [2.24, 2.45) is 21.5 Å². The van der Waals surface area contributed by atoms with Gasteiger partial charge in [0.25, 0.3) is 0 Å². The fourth-order valence-corrected chi connectivity index (χ4v) is 4.32. The zero-order valence-electron chi connectivity index (χ0n) is 16.3. The molecule has 146 valence electrons. The molecule has 2 aliphatic rings. The molecule has 0 radical (unpaired) electrons. The Morgan fingerprint density at radius 3 is 2.39 bits per heavy atom. The summed E-state index contributed by atoms with van der Waals surface area (Å²) in [6.45, 7) is 2.16. The Morgan fingerprint density at radius 2 is 1.64 bits per heavy atom. The van der Waals surface area contributed by atoms with Gasteiger partial charge >= 0.3 is 0 Å². The first kappa shape index (κ1) is 18.3. The highest BCUT2D eigenvalue weighted by atomic mass is 15.4. The van der Waals surface area contributed by atoms with Crippen molar-refractivity contribution in [1.29, 1.82) is 0 Å². The van der Waals surface area contributed by atoms with Gasteiger partial charge in [0, 0.05) is 6.04 Å². The predicted octanol–water partition coefficient (Wildman–Crippen LogP) is 3.97. The molecule has 2 aromatic rings. The maximum absolute atomic E-state index is 6.41. The Kier molecular flexibility index (Phi) is 4.94. The molecule has 0 amide bonds. The van der Waals surface area contributed by atoms with Crippen LogP contribution in [0.2, 0.25) is 0 Å². The highest BCUT2D eigenvalue weighted by molar-refractivity contribution is 6.07. The number of anilines is 2. The summed E-state index contributed by atoms with van der Waals surface area (Å²) < 4.78 is 0. The van der Waals surface area contributed by atoms with Crippen LogP contribution in [0.15, 0.2) is 64.6 Å². The average Bonchev–Trinajstić information content (AvgIpc) is 2.70. The molecule has 1 spiro atoms. The minimum Gasteiger partial charge on any atom is -0.377 e. The van der Waals surface area contributed by atoms with E-state index in [1.165, 1.54) is 12.0 Å². The first-order valence-electron chi connectivity index (χ1n) is 9.99. The van der Waals surface area contributed by atoms with Gasteiger partial charge in [-0.2, -0.15) is 4.99 Å². The standard InChI is InChI=1S/C22H28N6/c1-16(17-10-4-2-5-11-17)25-18-12-6-7-13-19(18)28-21(24)26-20(23)27-22(28)14-8-3-9-15-22/h2,4-7,10-13,16,25H,3,8-9,14-15H2,1H3,(H4,23,24,26,27). The number of guanidine groups is 2. The summed E-state index contributed by atoms with van der Waals surface area (Å²) in [4.78, 5) is 11.2. The molecule has 1 heterocycles. The van der Waals surface area contributed by atoms with Gasteiger partial charge in [-0.1, -0.05) is 48.9 Å². The molecule has 4 rings (SSSR count). The Bertz CT molecular complexity index is 883. The van der Waals surface area contributed by atoms with Gasteiger partial charge in [0.1, 0.15) is 5.66 Å². The molecule has 1 aliphatic carbocycles. The smallest absolute Gasteiger partial charge is 0.220 e. The zero-order valence-corrected chi connectivity index (χ0v) is 16.3. The summed E-state index contributed by atoms with van der Waals surface area (Å²) in [7, 11) is 0. The summed E-state index contributed by atoms with van der Waals surface area (Å²) in [6.07, 6.45) is 5.28. The molecule has 28 heavy (non-hydrogen) atoms. The molecule has 0 saturated heterocycles. The van der Waals surface area contributed by atoms with E-state index in [0.29, 0.717) is 5.96 Å². The molecule has 1 atom stereocenters. The zero-order chi connectivity index (χ0) is 19.6. The first-order chi connectivity index (χ1) is 13.6. The maximum Gasteiger partial charge on any atom is 0.220 e. The van der Waals surface area contributed by atoms with Crippen molar-refractivity contribution in [3.05, 3.63) is 60.2 Å². The SMILES string of the molecule is CC(Nc1ccccc1N1C(N)=NC(N)=NC12CCCCC2)c1ccccc1. The molecular weight excluding hydrogens is 348 g/mol. The molecule has 5 N–H and O–H groups in total. The second kappa shape index (κ2) is 7.54. The number of hydrogen-bond acceptors (Lipinski definition) is 6. The molecule has 1 saturated carbocycles. The number of nitrogens with zero attached hydrogens (tertiary/aromatic N) is 3. The van der Waals surface area contributed by atoms with Crippen molar-refractivity contribution in [3.63, 3.8) is 0 Å². The quantitative estimate of drug-likeness (QED) is 0.753. The van der Waals surface area contributed by atoms with Crippen LogP contribution in [0.1, 0.15) is 50.6 Å². The van der Waals surface area contributed by atoms with Crippen LogP contribution in [0.25, 0.3) is 0 Å². The second-order valence-corrected chi connectivity index (χ2v) is 7.61. The Labute approximate surface area is 166 Å². The molecule has 0 bridgehead atoms. The van der Waals surface area contributed by atoms with Crippen molar-refractivity contribution in [2.45, 2.75) is 50.7 Å². The minimum absolute atomic E-state index is 0.154. The third-order valence-electron chi connectivity index (χ3n) is 5.67. The maximum atomic E-state index is 6.41. The van der Waals surface area contributed by atoms with Crippen molar-refractivity contribution in [1.82, 2.24) is 0 Å². The van der Waals surface area contributed by atoms with E-state index in [2.05, 4.69) is 58.5 Å². The van der Waals surface area contributed by atoms with Crippen molar-refractivity contribution >= 4 is 23.3 Å². The van der Waals surface area contributed by atoms with Crippen LogP contribution in [0.4, 0.5) is 11.4 Å². The Hall–Kier alpha value is -3.02. The lowest BCUT2D eigenvalue weighted by atomic mass is 9.87. The third-order valence-corrected chi connectivity index (χ3v) is 5.67. The van der Waals surface area contributed by atoms with E-state index in [1.807, 2.05) is 18.2 Å². The molecular formula is C22H28N6. The van der Waals surface area contributed by atoms with Gasteiger partial charge in [0.2, 0.25) is 11.9 Å². The molecule has 2 aromatic carbocycles. The van der Waals surface area contributed by atoms with Gasteiger partial charge < -0.3 is 16.8 Å². The number of rotatable bonds is 4. The summed E-state index contributed by atoms with van der Waals surface area (Å²) >= 11 is 0. The Morgan fingerprint density at radius 1 is 0.964 bits per heavy atom. The van der Waals surface area contributed by atoms with Crippen molar-refractivity contribution in [3.8, 4) is 0 Å². The van der Waals surface area contributed by atoms with Crippen molar-refractivity contribution in [2.75, 3.05) is 10.2 Å². The van der Waals surface area contributed by atoms with Crippen LogP contribution in [-0.2, 0) is 0 Å². The highest BCUT2D eigenvalue weighted by Crippen LogP contribution is 2.42. The number of nitrogens with two attached hydrogens (primary N) is 2. The average molecular weight is 377 g/mol. The van der Waals surface area contributed by atoms with Gasteiger partial charge in [0.15, 0.2) is 0 Å². The Balaban J connectivity index is 1.71. The van der Waals surface area contributed by atoms with E-state index < -0.39 is 5.66 Å². The van der Waals surface area contributed by atoms with Crippen LogP contribution in [-0.4, -0.2) is 17.6 Å². The molecule has 6 heteroatoms. The lowest BCUT2D eigenvalue weighted by molar-refractivity contribution is 0.305. The van der Waals surface area contributed by atoms with Gasteiger partial charge in [-0.25, -0.2) is 4.99 Å². The van der Waals surface area contributed by atoms with E-state index >= 15 is 0 Å². The van der Waals surface area contributed by atoms with Crippen LogP contribution in [0, 0.1) is 0 Å². The minimum atomic E-state index is -0.443. The van der Waals surface area contributed by atoms with E-state index in [-0.39, 0.29) is 12.0 Å². The highest BCUT2D eigenvalue weighted by Gasteiger charge is 2.43. The fourth-order valence-electron chi connectivity index (χ4n) is 4.32. The molecule has 1 fully saturated rings. The van der Waals surface area contributed by atoms with Gasteiger partial charge in [-0.15, -0.1) is 0 Å². The monoisotopic (exact) mass is 376 g/mol. The van der Waals surface area contributed by atoms with Crippen LogP contribution < -0.4 is 21.7 Å². The molecule has 0 aromatic heterocycles. The summed E-state index contributed by atoms with van der Waals surface area (Å²) in [5, 5.41) is 3.65. The number of benzene rings is 2. The lowest BCUT2D eigenvalue weighted by Gasteiger charge is -2.46. The third kappa shape index (κ3) is 3.42. The molecule has 6 nitrogen and oxygen atoms in total. The summed E-state index contributed by atoms with van der Waals surface area (Å²) in [5.41, 5.74) is 15.2. The van der Waals surface area contributed by atoms with E-state index in [4.69, 9.17) is 16.5 Å². The molecule has 1 aliphatic heterocycles. The predicted molar refractivity (Wildman–Crippen MR) is 116 cm³/mol. The van der Waals surface area contributed by atoms with Gasteiger partial charge in [0.05, 0.1) is 11.4 Å². The largest absolute Gasteiger partial charge is 0.377 e. The summed E-state index contributed by atoms with van der Waals surface area (Å²) in [6, 6.07) is 18.8. The van der Waals surface area contributed by atoms with E-state index in [0.717, 1.165) is 37.1 Å². The van der Waals surface area contributed by atoms with Crippen LogP contribution >= 0.6 is 0 Å². The number of aliphatic imine (C=N–C) groups is 2.